The van der Waals surface area contributed by atoms with Crippen molar-refractivity contribution >= 4 is 63.3 Å². The van der Waals surface area contributed by atoms with E-state index in [0.29, 0.717) is 16.7 Å². The summed E-state index contributed by atoms with van der Waals surface area (Å²) in [4.78, 5) is 45.1. The summed E-state index contributed by atoms with van der Waals surface area (Å²) in [6.07, 6.45) is 0. The third kappa shape index (κ3) is 8.77. The molecule has 9 rings (SSSR count). The van der Waals surface area contributed by atoms with E-state index >= 15 is 0 Å². The summed E-state index contributed by atoms with van der Waals surface area (Å²) < 4.78 is 21.7. The highest BCUT2D eigenvalue weighted by atomic mass is 16.7. The van der Waals surface area contributed by atoms with Crippen LogP contribution in [0.15, 0.2) is 121 Å². The molecular formula is C49H49BN4O8. The Bertz CT molecular complexity index is 2760. The van der Waals surface area contributed by atoms with Gasteiger partial charge in [0.05, 0.1) is 58.7 Å². The standard InChI is InChI=1S/C17H15NO2.C16H20BNO4.C16H14N2O2/c1-11-6-8-12(9-7-11)15-10-13-4-3-5-14(16(13)18-15)17(19)20-2;1-15(2)16(3,4)22-17(21-15)12-9-10-7-6-8-11(13(10)18-12)14(19)20-5;1-10-5-7-11(8-6-10)14-9-12-3-2-4-13(15(12)17-14)16(19)18-20/h3-10,18H,1-2H3;6-9,18H,1-5H3;2-9,17,20H,1H3,(H,18,19). The largest absolute Gasteiger partial charge is 0.512 e. The third-order valence-electron chi connectivity index (χ3n) is 11.4. The molecule has 3 aromatic heterocycles. The van der Waals surface area contributed by atoms with Crippen molar-refractivity contribution in [2.45, 2.75) is 52.7 Å². The predicted molar refractivity (Wildman–Crippen MR) is 243 cm³/mol. The second-order valence-electron chi connectivity index (χ2n) is 16.1. The molecule has 0 saturated carbocycles. The third-order valence-corrected chi connectivity index (χ3v) is 11.4. The van der Waals surface area contributed by atoms with Crippen molar-refractivity contribution in [3.8, 4) is 22.5 Å². The molecule has 1 aliphatic rings. The lowest BCUT2D eigenvalue weighted by molar-refractivity contribution is 0.00578. The van der Waals surface area contributed by atoms with Crippen molar-refractivity contribution in [2.24, 2.45) is 0 Å². The van der Waals surface area contributed by atoms with Crippen LogP contribution < -0.4 is 11.1 Å². The predicted octanol–water partition coefficient (Wildman–Crippen LogP) is 9.45. The molecule has 5 aromatic carbocycles. The quantitative estimate of drug-likeness (QED) is 0.0478. The van der Waals surface area contributed by atoms with Gasteiger partial charge in [-0.15, -0.1) is 0 Å². The van der Waals surface area contributed by atoms with Crippen molar-refractivity contribution in [3.63, 3.8) is 0 Å². The van der Waals surface area contributed by atoms with Crippen molar-refractivity contribution < 1.29 is 38.4 Å². The number of benzene rings is 5. The van der Waals surface area contributed by atoms with Gasteiger partial charge in [0.1, 0.15) is 0 Å². The minimum absolute atomic E-state index is 0.326. The first-order valence-corrected chi connectivity index (χ1v) is 20.1. The van der Waals surface area contributed by atoms with Crippen LogP contribution in [0, 0.1) is 13.8 Å². The molecule has 1 fully saturated rings. The second kappa shape index (κ2) is 17.6. The van der Waals surface area contributed by atoms with Crippen LogP contribution >= 0.6 is 0 Å². The van der Waals surface area contributed by atoms with Crippen molar-refractivity contribution in [1.29, 1.82) is 0 Å². The average Bonchev–Trinajstić information content (AvgIpc) is 4.06. The first-order chi connectivity index (χ1) is 29.6. The van der Waals surface area contributed by atoms with E-state index in [0.717, 1.165) is 60.8 Å². The molecule has 13 heteroatoms. The molecule has 0 aliphatic carbocycles. The molecule has 316 valence electrons. The molecule has 1 amide bonds. The fourth-order valence-corrected chi connectivity index (χ4v) is 7.17. The summed E-state index contributed by atoms with van der Waals surface area (Å²) in [7, 11) is 2.28. The number of nitrogens with one attached hydrogen (secondary N) is 4. The van der Waals surface area contributed by atoms with E-state index in [9.17, 15) is 14.4 Å². The van der Waals surface area contributed by atoms with Gasteiger partial charge in [0.25, 0.3) is 5.91 Å². The van der Waals surface area contributed by atoms with Crippen LogP contribution in [-0.4, -0.2) is 70.5 Å². The smallest absolute Gasteiger partial charge is 0.465 e. The fourth-order valence-electron chi connectivity index (χ4n) is 7.17. The molecule has 0 unspecified atom stereocenters. The Morgan fingerprint density at radius 1 is 0.565 bits per heavy atom. The minimum Gasteiger partial charge on any atom is -0.465 e. The molecule has 5 N–H and O–H groups in total. The second-order valence-corrected chi connectivity index (χ2v) is 16.1. The van der Waals surface area contributed by atoms with Crippen LogP contribution in [0.25, 0.3) is 55.2 Å². The number of amides is 1. The number of hydroxylamine groups is 1. The van der Waals surface area contributed by atoms with Gasteiger partial charge in [0.15, 0.2) is 0 Å². The number of aromatic nitrogens is 3. The number of methoxy groups -OCH3 is 2. The van der Waals surface area contributed by atoms with Gasteiger partial charge in [-0.2, -0.15) is 0 Å². The van der Waals surface area contributed by atoms with E-state index in [1.165, 1.54) is 25.3 Å². The average molecular weight is 833 g/mol. The molecule has 0 radical (unpaired) electrons. The van der Waals surface area contributed by atoms with Gasteiger partial charge >= 0.3 is 19.1 Å². The molecule has 12 nitrogen and oxygen atoms in total. The zero-order valence-electron chi connectivity index (χ0n) is 35.9. The van der Waals surface area contributed by atoms with Crippen LogP contribution in [0.3, 0.4) is 0 Å². The van der Waals surface area contributed by atoms with Gasteiger partial charge in [0, 0.05) is 27.8 Å². The lowest BCUT2D eigenvalue weighted by Crippen LogP contribution is -2.41. The van der Waals surface area contributed by atoms with Crippen molar-refractivity contribution in [2.75, 3.05) is 14.2 Å². The number of hydrogen-bond donors (Lipinski definition) is 5. The maximum Gasteiger partial charge on any atom is 0.512 e. The number of rotatable bonds is 6. The number of fused-ring (bicyclic) bond motifs is 3. The van der Waals surface area contributed by atoms with E-state index in [2.05, 4.69) is 46.1 Å². The van der Waals surface area contributed by atoms with Crippen LogP contribution in [-0.2, 0) is 18.8 Å². The zero-order chi connectivity index (χ0) is 44.3. The summed E-state index contributed by atoms with van der Waals surface area (Å²) in [6, 6.07) is 38.9. The maximum absolute atomic E-state index is 11.9. The fraction of sp³-hybridized carbons (Fsp3) is 0.204. The SMILES string of the molecule is COC(=O)c1cccc2cc(-c3ccc(C)cc3)[nH]c12.COC(=O)c1cccc2cc(B3OC(C)(C)C(C)(C)O3)[nH]c12.Cc1ccc(-c2cc3cccc(C(=O)NO)c3[nH]2)cc1. The summed E-state index contributed by atoms with van der Waals surface area (Å²) in [5.41, 5.74) is 11.9. The van der Waals surface area contributed by atoms with Gasteiger partial charge in [-0.25, -0.2) is 15.1 Å². The first kappa shape index (κ1) is 43.2. The van der Waals surface area contributed by atoms with Gasteiger partial charge in [0.2, 0.25) is 0 Å². The number of ether oxygens (including phenoxy) is 2. The Labute approximate surface area is 359 Å². The van der Waals surface area contributed by atoms with Crippen LogP contribution in [0.4, 0.5) is 0 Å². The van der Waals surface area contributed by atoms with Crippen molar-refractivity contribution in [1.82, 2.24) is 20.4 Å². The van der Waals surface area contributed by atoms with Gasteiger partial charge < -0.3 is 33.7 Å². The Morgan fingerprint density at radius 3 is 1.37 bits per heavy atom. The summed E-state index contributed by atoms with van der Waals surface area (Å²) in [5, 5.41) is 11.6. The Morgan fingerprint density at radius 2 is 0.952 bits per heavy atom. The number of carbonyl (C=O) groups is 3. The van der Waals surface area contributed by atoms with E-state index in [1.54, 1.807) is 29.7 Å². The number of H-pyrrole nitrogens is 3. The normalized spacial score (nSPS) is 13.9. The highest BCUT2D eigenvalue weighted by molar-refractivity contribution is 6.61. The maximum atomic E-state index is 11.9. The molecule has 0 atom stereocenters. The molecule has 0 bridgehead atoms. The molecule has 62 heavy (non-hydrogen) atoms. The summed E-state index contributed by atoms with van der Waals surface area (Å²) >= 11 is 0. The molecular weight excluding hydrogens is 783 g/mol. The molecule has 0 spiro atoms. The molecule has 1 aliphatic heterocycles. The highest BCUT2D eigenvalue weighted by Crippen LogP contribution is 2.37. The number of aryl methyl sites for hydroxylation is 2. The Balaban J connectivity index is 0.000000140. The number of carbonyl (C=O) groups excluding carboxylic acids is 3. The van der Waals surface area contributed by atoms with E-state index in [-0.39, 0.29) is 11.9 Å². The van der Waals surface area contributed by atoms with Gasteiger partial charge in [-0.05, 0) is 94.5 Å². The Kier molecular flexibility index (Phi) is 12.2. The number of aromatic amines is 3. The van der Waals surface area contributed by atoms with Crippen LogP contribution in [0.5, 0.6) is 0 Å². The highest BCUT2D eigenvalue weighted by Gasteiger charge is 2.52. The van der Waals surface area contributed by atoms with E-state index in [1.807, 2.05) is 107 Å². The molecule has 8 aromatic rings. The van der Waals surface area contributed by atoms with Crippen LogP contribution in [0.1, 0.15) is 69.9 Å². The summed E-state index contributed by atoms with van der Waals surface area (Å²) in [5.74, 6) is -1.21. The van der Waals surface area contributed by atoms with Crippen molar-refractivity contribution in [3.05, 3.63) is 149 Å². The number of esters is 2. The lowest BCUT2D eigenvalue weighted by atomic mass is 9.85. The molecule has 1 saturated heterocycles. The number of para-hydroxylation sites is 3. The Hall–Kier alpha value is -6.93. The first-order valence-electron chi connectivity index (χ1n) is 20.1. The lowest BCUT2D eigenvalue weighted by Gasteiger charge is -2.32. The number of hydrogen-bond acceptors (Lipinski definition) is 8. The van der Waals surface area contributed by atoms with Gasteiger partial charge in [-0.1, -0.05) is 96.1 Å². The van der Waals surface area contributed by atoms with E-state index in [4.69, 9.17) is 24.0 Å². The monoisotopic (exact) mass is 832 g/mol. The topological polar surface area (TPSA) is 168 Å². The zero-order valence-corrected chi connectivity index (χ0v) is 35.9. The minimum atomic E-state index is -0.520. The van der Waals surface area contributed by atoms with E-state index < -0.39 is 24.2 Å². The van der Waals surface area contributed by atoms with Crippen LogP contribution in [0.2, 0.25) is 0 Å². The van der Waals surface area contributed by atoms with Gasteiger partial charge in [-0.3, -0.25) is 10.0 Å². The molecule has 4 heterocycles. The summed E-state index contributed by atoms with van der Waals surface area (Å²) in [6.45, 7) is 12.1.